The van der Waals surface area contributed by atoms with Crippen LogP contribution in [-0.2, 0) is 20.8 Å². The minimum absolute atomic E-state index is 0.0716. The van der Waals surface area contributed by atoms with E-state index in [0.717, 1.165) is 11.1 Å². The summed E-state index contributed by atoms with van der Waals surface area (Å²) >= 11 is 0. The number of Topliss-reactive ketones (excluding diaryl/α,β-unsaturated/α-hetero) is 2. The Bertz CT molecular complexity index is 1640. The molecule has 196 valence electrons. The summed E-state index contributed by atoms with van der Waals surface area (Å²) in [6.07, 6.45) is -0.0364. The van der Waals surface area contributed by atoms with Gasteiger partial charge in [0, 0.05) is 23.5 Å². The van der Waals surface area contributed by atoms with Gasteiger partial charge < -0.3 is 26.2 Å². The molecule has 39 heavy (non-hydrogen) atoms. The Morgan fingerprint density at radius 3 is 2.05 bits per heavy atom. The van der Waals surface area contributed by atoms with Gasteiger partial charge in [0.15, 0.2) is 11.4 Å². The largest absolute Gasteiger partial charge is 0.508 e. The van der Waals surface area contributed by atoms with Gasteiger partial charge in [0.2, 0.25) is 5.78 Å². The van der Waals surface area contributed by atoms with Gasteiger partial charge in [-0.2, -0.15) is 0 Å². The first-order valence-electron chi connectivity index (χ1n) is 12.6. The summed E-state index contributed by atoms with van der Waals surface area (Å²) in [5, 5.41) is 45.3. The molecule has 0 heterocycles. The van der Waals surface area contributed by atoms with E-state index in [9.17, 15) is 34.8 Å². The standard InChI is InChI=1S/C31H25NO7/c32-30(38)25-22(33)13-18-11-17-12-21-19(15-7-3-1-4-8-15)14-20(16-9-5-2-6-10-16)26(34)24(21)27(35)23(17)28(36)31(18,39)29(25)37/h1-10,14,17-18,34-35,37,39H,11-13H2,(H2,32,38). The maximum Gasteiger partial charge on any atom is 0.255 e. The van der Waals surface area contributed by atoms with Crippen molar-refractivity contribution in [2.24, 2.45) is 17.6 Å². The Hall–Kier alpha value is -4.69. The molecule has 3 atom stereocenters. The van der Waals surface area contributed by atoms with E-state index in [4.69, 9.17) is 5.73 Å². The number of benzene rings is 3. The number of rotatable bonds is 3. The maximum absolute atomic E-state index is 13.8. The minimum atomic E-state index is -2.59. The molecule has 8 heteroatoms. The Labute approximate surface area is 223 Å². The molecule has 0 radical (unpaired) electrons. The second kappa shape index (κ2) is 8.68. The Balaban J connectivity index is 1.61. The van der Waals surface area contributed by atoms with Gasteiger partial charge in [0.1, 0.15) is 22.8 Å². The average molecular weight is 524 g/mol. The number of nitrogens with two attached hydrogens (primary N) is 1. The first kappa shape index (κ1) is 24.6. The molecule has 0 bridgehead atoms. The number of carbonyl (C=O) groups is 3. The van der Waals surface area contributed by atoms with E-state index < -0.39 is 52.0 Å². The monoisotopic (exact) mass is 523 g/mol. The topological polar surface area (TPSA) is 158 Å². The molecule has 1 amide bonds. The number of hydrogen-bond acceptors (Lipinski definition) is 7. The van der Waals surface area contributed by atoms with Crippen LogP contribution in [0.5, 0.6) is 5.75 Å². The summed E-state index contributed by atoms with van der Waals surface area (Å²) in [5.41, 5.74) is 5.15. The zero-order chi connectivity index (χ0) is 27.6. The predicted octanol–water partition coefficient (Wildman–Crippen LogP) is 3.76. The van der Waals surface area contributed by atoms with Crippen molar-refractivity contribution in [3.05, 3.63) is 94.8 Å². The van der Waals surface area contributed by atoms with Crippen LogP contribution in [0.1, 0.15) is 24.0 Å². The fourth-order valence-electron chi connectivity index (χ4n) is 6.40. The van der Waals surface area contributed by atoms with Crippen molar-refractivity contribution >= 4 is 23.2 Å². The van der Waals surface area contributed by atoms with Gasteiger partial charge in [-0.3, -0.25) is 14.4 Å². The molecule has 3 aliphatic carbocycles. The summed E-state index contributed by atoms with van der Waals surface area (Å²) in [6.45, 7) is 0. The number of fused-ring (bicyclic) bond motifs is 3. The number of phenolic OH excluding ortho intramolecular Hbond substituents is 1. The number of ketones is 2. The predicted molar refractivity (Wildman–Crippen MR) is 142 cm³/mol. The van der Waals surface area contributed by atoms with E-state index in [-0.39, 0.29) is 36.1 Å². The van der Waals surface area contributed by atoms with Crippen LogP contribution in [-0.4, -0.2) is 43.5 Å². The van der Waals surface area contributed by atoms with Crippen molar-refractivity contribution in [2.75, 3.05) is 0 Å². The summed E-state index contributed by atoms with van der Waals surface area (Å²) < 4.78 is 0. The second-order valence-electron chi connectivity index (χ2n) is 10.3. The third kappa shape index (κ3) is 3.45. The first-order chi connectivity index (χ1) is 18.6. The molecule has 0 aliphatic heterocycles. The maximum atomic E-state index is 13.8. The molecular weight excluding hydrogens is 498 g/mol. The smallest absolute Gasteiger partial charge is 0.255 e. The number of hydrogen-bond donors (Lipinski definition) is 5. The van der Waals surface area contributed by atoms with Gasteiger partial charge in [-0.25, -0.2) is 0 Å². The normalized spacial score (nSPS) is 24.2. The highest BCUT2D eigenvalue weighted by Gasteiger charge is 2.60. The van der Waals surface area contributed by atoms with Crippen molar-refractivity contribution in [1.29, 1.82) is 0 Å². The molecule has 3 aliphatic rings. The number of aliphatic hydroxyl groups is 3. The van der Waals surface area contributed by atoms with Crippen LogP contribution >= 0.6 is 0 Å². The first-order valence-corrected chi connectivity index (χ1v) is 12.6. The van der Waals surface area contributed by atoms with Crippen LogP contribution < -0.4 is 5.73 Å². The fraction of sp³-hybridized carbons (Fsp3) is 0.194. The van der Waals surface area contributed by atoms with Crippen LogP contribution in [0.3, 0.4) is 0 Å². The molecule has 3 aromatic rings. The molecule has 3 unspecified atom stereocenters. The summed E-state index contributed by atoms with van der Waals surface area (Å²) in [5.74, 6) is -6.43. The van der Waals surface area contributed by atoms with Crippen molar-refractivity contribution in [3.63, 3.8) is 0 Å². The number of aliphatic hydroxyl groups excluding tert-OH is 2. The minimum Gasteiger partial charge on any atom is -0.508 e. The van der Waals surface area contributed by atoms with E-state index in [1.54, 1.807) is 0 Å². The van der Waals surface area contributed by atoms with Gasteiger partial charge in [0.05, 0.1) is 5.56 Å². The summed E-state index contributed by atoms with van der Waals surface area (Å²) in [6, 6.07) is 20.4. The SMILES string of the molecule is NC(=O)C1=C(O)C2(O)C(=O)C3=C(O)c4c(O)c(-c5ccccc5)cc(-c5ccccc5)c4CC3CC2CC1=O. The molecule has 0 saturated heterocycles. The lowest BCUT2D eigenvalue weighted by atomic mass is 9.59. The molecule has 3 aromatic carbocycles. The van der Waals surface area contributed by atoms with Gasteiger partial charge in [-0.05, 0) is 47.1 Å². The van der Waals surface area contributed by atoms with Crippen molar-refractivity contribution < 1.29 is 34.8 Å². The summed E-state index contributed by atoms with van der Waals surface area (Å²) in [7, 11) is 0. The molecule has 6 rings (SSSR count). The van der Waals surface area contributed by atoms with E-state index in [1.165, 1.54) is 0 Å². The van der Waals surface area contributed by atoms with Crippen molar-refractivity contribution in [1.82, 2.24) is 0 Å². The average Bonchev–Trinajstić information content (AvgIpc) is 2.91. The number of aromatic hydroxyl groups is 1. The van der Waals surface area contributed by atoms with E-state index in [1.807, 2.05) is 66.7 Å². The van der Waals surface area contributed by atoms with Gasteiger partial charge in [-0.15, -0.1) is 0 Å². The fourth-order valence-corrected chi connectivity index (χ4v) is 6.40. The lowest BCUT2D eigenvalue weighted by Crippen LogP contribution is -2.58. The molecular formula is C31H25NO7. The third-order valence-electron chi connectivity index (χ3n) is 8.23. The molecule has 1 saturated carbocycles. The molecule has 0 spiro atoms. The number of amides is 1. The lowest BCUT2D eigenvalue weighted by Gasteiger charge is -2.46. The van der Waals surface area contributed by atoms with E-state index in [0.29, 0.717) is 16.7 Å². The Morgan fingerprint density at radius 1 is 0.872 bits per heavy atom. The Morgan fingerprint density at radius 2 is 1.46 bits per heavy atom. The molecule has 0 aromatic heterocycles. The zero-order valence-electron chi connectivity index (χ0n) is 20.7. The third-order valence-corrected chi connectivity index (χ3v) is 8.23. The van der Waals surface area contributed by atoms with Crippen LogP contribution in [0.4, 0.5) is 0 Å². The van der Waals surface area contributed by atoms with Gasteiger partial charge in [-0.1, -0.05) is 60.7 Å². The van der Waals surface area contributed by atoms with Crippen molar-refractivity contribution in [3.8, 4) is 28.0 Å². The molecule has 1 fully saturated rings. The van der Waals surface area contributed by atoms with Crippen LogP contribution in [0.15, 0.2) is 83.6 Å². The number of carbonyl (C=O) groups excluding carboxylic acids is 3. The molecule has 6 N–H and O–H groups in total. The van der Waals surface area contributed by atoms with E-state index in [2.05, 4.69) is 0 Å². The highest BCUT2D eigenvalue weighted by Crippen LogP contribution is 2.54. The number of phenols is 1. The van der Waals surface area contributed by atoms with Crippen LogP contribution in [0, 0.1) is 11.8 Å². The lowest BCUT2D eigenvalue weighted by molar-refractivity contribution is -0.147. The molecule has 8 nitrogen and oxygen atoms in total. The second-order valence-corrected chi connectivity index (χ2v) is 10.3. The highest BCUT2D eigenvalue weighted by atomic mass is 16.3. The zero-order valence-corrected chi connectivity index (χ0v) is 20.7. The van der Waals surface area contributed by atoms with E-state index >= 15 is 0 Å². The van der Waals surface area contributed by atoms with Gasteiger partial charge >= 0.3 is 0 Å². The highest BCUT2D eigenvalue weighted by molar-refractivity contribution is 6.22. The summed E-state index contributed by atoms with van der Waals surface area (Å²) in [4.78, 5) is 38.3. The van der Waals surface area contributed by atoms with Crippen LogP contribution in [0.25, 0.3) is 28.0 Å². The van der Waals surface area contributed by atoms with Gasteiger partial charge in [0.25, 0.3) is 5.91 Å². The van der Waals surface area contributed by atoms with Crippen molar-refractivity contribution in [2.45, 2.75) is 24.9 Å². The number of primary amides is 1. The van der Waals surface area contributed by atoms with Crippen LogP contribution in [0.2, 0.25) is 0 Å². The Kier molecular flexibility index (Phi) is 5.48. The quantitative estimate of drug-likeness (QED) is 0.327.